The fourth-order valence-electron chi connectivity index (χ4n) is 5.88. The van der Waals surface area contributed by atoms with E-state index in [9.17, 15) is 14.4 Å². The number of Topliss-reactive ketones (excluding diaryl/α,β-unsaturated/α-hetero) is 2. The van der Waals surface area contributed by atoms with E-state index in [0.717, 1.165) is 5.56 Å². The van der Waals surface area contributed by atoms with Gasteiger partial charge in [-0.2, -0.15) is 9.78 Å². The number of ketones is 2. The van der Waals surface area contributed by atoms with E-state index in [0.29, 0.717) is 78.1 Å². The first-order valence-electron chi connectivity index (χ1n) is 13.1. The van der Waals surface area contributed by atoms with Crippen molar-refractivity contribution in [1.82, 2.24) is 14.9 Å². The Morgan fingerprint density at radius 2 is 1.58 bits per heavy atom. The highest BCUT2D eigenvalue weighted by molar-refractivity contribution is 6.03. The number of aromatic nitrogens is 3. The summed E-state index contributed by atoms with van der Waals surface area (Å²) >= 11 is 0. The van der Waals surface area contributed by atoms with Crippen LogP contribution in [0, 0.1) is 5.41 Å². The van der Waals surface area contributed by atoms with Gasteiger partial charge in [0.2, 0.25) is 0 Å². The molecule has 7 heteroatoms. The highest BCUT2D eigenvalue weighted by atomic mass is 16.5. The van der Waals surface area contributed by atoms with Crippen molar-refractivity contribution in [3.05, 3.63) is 106 Å². The number of carbonyl (C=O) groups excluding carboxylic acids is 3. The monoisotopic (exact) mass is 507 g/mol. The van der Waals surface area contributed by atoms with Crippen LogP contribution in [0.2, 0.25) is 0 Å². The van der Waals surface area contributed by atoms with E-state index in [1.54, 1.807) is 12.1 Å². The second kappa shape index (κ2) is 9.31. The van der Waals surface area contributed by atoms with Gasteiger partial charge in [0, 0.05) is 24.8 Å². The standard InChI is InChI=1S/C31H29N3O4/c1-31(2)17-24-28(26(36)18-31)22(32-34(24)30(37)20-11-7-4-8-12-20)13-14-23-29-25(35)15-21(16-27(29)38-33-23)19-9-5-3-6-10-19/h3-12,21H,13-18H2,1-2H3. The van der Waals surface area contributed by atoms with Crippen molar-refractivity contribution >= 4 is 17.5 Å². The Hall–Kier alpha value is -4.13. The summed E-state index contributed by atoms with van der Waals surface area (Å²) in [6, 6.07) is 19.0. The van der Waals surface area contributed by atoms with Crippen LogP contribution in [-0.4, -0.2) is 32.4 Å². The third-order valence-electron chi connectivity index (χ3n) is 7.68. The SMILES string of the molecule is CC1(C)CC(=O)c2c(CCc3noc4c3C(=O)CC(c3ccccc3)C4)nn(C(=O)c3ccccc3)c2C1. The van der Waals surface area contributed by atoms with Gasteiger partial charge < -0.3 is 4.52 Å². The lowest BCUT2D eigenvalue weighted by molar-refractivity contribution is 0.0899. The first kappa shape index (κ1) is 24.2. The van der Waals surface area contributed by atoms with Crippen LogP contribution in [-0.2, 0) is 25.7 Å². The zero-order chi connectivity index (χ0) is 26.4. The minimum Gasteiger partial charge on any atom is -0.360 e. The summed E-state index contributed by atoms with van der Waals surface area (Å²) < 4.78 is 7.05. The van der Waals surface area contributed by atoms with Crippen molar-refractivity contribution in [2.75, 3.05) is 0 Å². The van der Waals surface area contributed by atoms with Gasteiger partial charge in [-0.3, -0.25) is 14.4 Å². The molecule has 0 fully saturated rings. The Balaban J connectivity index is 1.29. The molecule has 0 spiro atoms. The third-order valence-corrected chi connectivity index (χ3v) is 7.68. The van der Waals surface area contributed by atoms with Gasteiger partial charge in [0.05, 0.1) is 28.2 Å². The van der Waals surface area contributed by atoms with E-state index in [2.05, 4.69) is 10.3 Å². The summed E-state index contributed by atoms with van der Waals surface area (Å²) in [5, 5.41) is 8.92. The molecule has 2 heterocycles. The van der Waals surface area contributed by atoms with Crippen LogP contribution in [0.4, 0.5) is 0 Å². The van der Waals surface area contributed by atoms with Crippen molar-refractivity contribution in [2.45, 2.75) is 58.3 Å². The minimum atomic E-state index is -0.261. The second-order valence-electron chi connectivity index (χ2n) is 11.2. The smallest absolute Gasteiger partial charge is 0.278 e. The molecule has 1 unspecified atom stereocenters. The summed E-state index contributed by atoms with van der Waals surface area (Å²) in [5.74, 6) is 0.474. The van der Waals surface area contributed by atoms with Crippen molar-refractivity contribution < 1.29 is 18.9 Å². The zero-order valence-corrected chi connectivity index (χ0v) is 21.6. The predicted octanol–water partition coefficient (Wildman–Crippen LogP) is 5.41. The number of hydrogen-bond acceptors (Lipinski definition) is 6. The van der Waals surface area contributed by atoms with Gasteiger partial charge in [0.25, 0.3) is 5.91 Å². The molecule has 2 aliphatic carbocycles. The quantitative estimate of drug-likeness (QED) is 0.358. The number of hydrogen-bond donors (Lipinski definition) is 0. The van der Waals surface area contributed by atoms with Crippen LogP contribution in [0.1, 0.15) is 92.1 Å². The Labute approximate surface area is 220 Å². The topological polar surface area (TPSA) is 95.1 Å². The Morgan fingerprint density at radius 3 is 2.32 bits per heavy atom. The number of fused-ring (bicyclic) bond motifs is 2. The molecule has 6 rings (SSSR count). The number of benzene rings is 2. The molecule has 0 saturated heterocycles. The Morgan fingerprint density at radius 1 is 0.895 bits per heavy atom. The van der Waals surface area contributed by atoms with Crippen LogP contribution in [0.5, 0.6) is 0 Å². The largest absolute Gasteiger partial charge is 0.360 e. The fourth-order valence-corrected chi connectivity index (χ4v) is 5.88. The molecule has 2 aromatic heterocycles. The summed E-state index contributed by atoms with van der Waals surface area (Å²) in [5.41, 5.74) is 4.32. The Bertz CT molecular complexity index is 1550. The number of carbonyl (C=O) groups is 3. The molecule has 7 nitrogen and oxygen atoms in total. The molecule has 2 aliphatic rings. The molecule has 2 aromatic carbocycles. The fraction of sp³-hybridized carbons (Fsp3) is 0.323. The predicted molar refractivity (Wildman–Crippen MR) is 141 cm³/mol. The van der Waals surface area contributed by atoms with Gasteiger partial charge in [-0.25, -0.2) is 0 Å². The summed E-state index contributed by atoms with van der Waals surface area (Å²) in [6.07, 6.45) is 2.81. The highest BCUT2D eigenvalue weighted by Crippen LogP contribution is 2.38. The molecule has 0 N–H and O–H groups in total. The van der Waals surface area contributed by atoms with Gasteiger partial charge in [0.15, 0.2) is 11.6 Å². The molecule has 0 amide bonds. The van der Waals surface area contributed by atoms with Crippen LogP contribution in [0.15, 0.2) is 65.2 Å². The molecule has 0 bridgehead atoms. The van der Waals surface area contributed by atoms with Gasteiger partial charge in [-0.05, 0) is 48.3 Å². The third kappa shape index (κ3) is 4.32. The lowest BCUT2D eigenvalue weighted by Gasteiger charge is -2.29. The molecular weight excluding hydrogens is 478 g/mol. The van der Waals surface area contributed by atoms with E-state index >= 15 is 0 Å². The molecule has 0 saturated carbocycles. The summed E-state index contributed by atoms with van der Waals surface area (Å²) in [4.78, 5) is 39.8. The first-order valence-corrected chi connectivity index (χ1v) is 13.1. The number of nitrogens with zero attached hydrogens (tertiary/aromatic N) is 3. The first-order chi connectivity index (χ1) is 18.3. The normalized spacial score (nSPS) is 18.2. The van der Waals surface area contributed by atoms with Gasteiger partial charge in [-0.15, -0.1) is 0 Å². The molecular formula is C31H29N3O4. The minimum absolute atomic E-state index is 0.00215. The van der Waals surface area contributed by atoms with E-state index in [4.69, 9.17) is 4.52 Å². The molecule has 0 aliphatic heterocycles. The molecule has 0 radical (unpaired) electrons. The van der Waals surface area contributed by atoms with E-state index in [1.165, 1.54) is 4.68 Å². The van der Waals surface area contributed by atoms with Crippen LogP contribution < -0.4 is 0 Å². The average molecular weight is 508 g/mol. The maximum absolute atomic E-state index is 13.4. The van der Waals surface area contributed by atoms with Crippen LogP contribution in [0.3, 0.4) is 0 Å². The number of aryl methyl sites for hydroxylation is 2. The molecule has 1 atom stereocenters. The lowest BCUT2D eigenvalue weighted by Crippen LogP contribution is -2.30. The lowest BCUT2D eigenvalue weighted by atomic mass is 9.75. The van der Waals surface area contributed by atoms with Crippen LogP contribution >= 0.6 is 0 Å². The van der Waals surface area contributed by atoms with Gasteiger partial charge >= 0.3 is 0 Å². The van der Waals surface area contributed by atoms with Gasteiger partial charge in [-0.1, -0.05) is 67.5 Å². The molecule has 192 valence electrons. The van der Waals surface area contributed by atoms with Crippen molar-refractivity contribution in [3.8, 4) is 0 Å². The maximum atomic E-state index is 13.4. The summed E-state index contributed by atoms with van der Waals surface area (Å²) in [6.45, 7) is 4.07. The van der Waals surface area contributed by atoms with E-state index < -0.39 is 0 Å². The maximum Gasteiger partial charge on any atom is 0.278 e. The highest BCUT2D eigenvalue weighted by Gasteiger charge is 2.38. The molecule has 38 heavy (non-hydrogen) atoms. The van der Waals surface area contributed by atoms with Crippen LogP contribution in [0.25, 0.3) is 0 Å². The zero-order valence-electron chi connectivity index (χ0n) is 21.6. The van der Waals surface area contributed by atoms with E-state index in [-0.39, 0.29) is 28.8 Å². The second-order valence-corrected chi connectivity index (χ2v) is 11.2. The average Bonchev–Trinajstić information content (AvgIpc) is 3.49. The van der Waals surface area contributed by atoms with Crippen molar-refractivity contribution in [3.63, 3.8) is 0 Å². The number of rotatable bonds is 5. The Kier molecular flexibility index (Phi) is 5.94. The van der Waals surface area contributed by atoms with Crippen molar-refractivity contribution in [2.24, 2.45) is 5.41 Å². The van der Waals surface area contributed by atoms with Crippen molar-refractivity contribution in [1.29, 1.82) is 0 Å². The van der Waals surface area contributed by atoms with E-state index in [1.807, 2.05) is 62.4 Å². The summed E-state index contributed by atoms with van der Waals surface area (Å²) in [7, 11) is 0. The van der Waals surface area contributed by atoms with Gasteiger partial charge in [0.1, 0.15) is 5.76 Å². The molecule has 4 aromatic rings.